The van der Waals surface area contributed by atoms with E-state index in [9.17, 15) is 9.18 Å². The lowest BCUT2D eigenvalue weighted by Crippen LogP contribution is -2.41. The quantitative estimate of drug-likeness (QED) is 0.663. The molecule has 0 bridgehead atoms. The molecule has 5 nitrogen and oxygen atoms in total. The molecule has 1 saturated carbocycles. The first kappa shape index (κ1) is 20.2. The van der Waals surface area contributed by atoms with Crippen molar-refractivity contribution in [2.75, 3.05) is 20.3 Å². The molecule has 1 amide bonds. The molecule has 8 heteroatoms. The number of ether oxygens (including phenoxy) is 1. The lowest BCUT2D eigenvalue weighted by atomic mass is 9.93. The van der Waals surface area contributed by atoms with Gasteiger partial charge in [-0.3, -0.25) is 4.79 Å². The minimum Gasteiger partial charge on any atom is -0.381 e. The molecule has 3 heterocycles. The van der Waals surface area contributed by atoms with Crippen LogP contribution >= 0.6 is 23.8 Å². The van der Waals surface area contributed by atoms with Gasteiger partial charge in [-0.1, -0.05) is 11.6 Å². The lowest BCUT2D eigenvalue weighted by molar-refractivity contribution is -0.133. The van der Waals surface area contributed by atoms with Crippen molar-refractivity contribution in [1.82, 2.24) is 14.0 Å². The Morgan fingerprint density at radius 3 is 2.87 bits per heavy atom. The van der Waals surface area contributed by atoms with Gasteiger partial charge in [-0.25, -0.2) is 4.39 Å². The van der Waals surface area contributed by atoms with Gasteiger partial charge in [0.25, 0.3) is 0 Å². The summed E-state index contributed by atoms with van der Waals surface area (Å²) in [6.07, 6.45) is 2.91. The van der Waals surface area contributed by atoms with Crippen molar-refractivity contribution in [3.8, 4) is 0 Å². The Bertz CT molecular complexity index is 1090. The third-order valence-electron chi connectivity index (χ3n) is 7.27. The summed E-state index contributed by atoms with van der Waals surface area (Å²) in [6.45, 7) is 2.04. The predicted molar refractivity (Wildman–Crippen MR) is 115 cm³/mol. The van der Waals surface area contributed by atoms with Crippen LogP contribution in [-0.4, -0.2) is 46.2 Å². The number of carbonyl (C=O) groups is 1. The minimum atomic E-state index is -0.295. The number of rotatable bonds is 4. The van der Waals surface area contributed by atoms with Crippen LogP contribution in [0.15, 0.2) is 18.2 Å². The van der Waals surface area contributed by atoms with Crippen LogP contribution in [0.3, 0.4) is 0 Å². The first-order valence-electron chi connectivity index (χ1n) is 10.4. The van der Waals surface area contributed by atoms with Gasteiger partial charge >= 0.3 is 0 Å². The summed E-state index contributed by atoms with van der Waals surface area (Å²) in [5, 5.41) is 0.542. The summed E-state index contributed by atoms with van der Waals surface area (Å²) < 4.78 is 24.8. The number of fused-ring (bicyclic) bond motifs is 3. The fourth-order valence-electron chi connectivity index (χ4n) is 5.40. The summed E-state index contributed by atoms with van der Waals surface area (Å²) in [6, 6.07) is 4.99. The van der Waals surface area contributed by atoms with E-state index in [-0.39, 0.29) is 29.1 Å². The maximum Gasteiger partial charge on any atom is 0.228 e. The van der Waals surface area contributed by atoms with Gasteiger partial charge in [-0.05, 0) is 55.2 Å². The minimum absolute atomic E-state index is 0.0907. The van der Waals surface area contributed by atoms with Gasteiger partial charge in [-0.2, -0.15) is 0 Å². The van der Waals surface area contributed by atoms with Gasteiger partial charge in [0, 0.05) is 67.6 Å². The Morgan fingerprint density at radius 2 is 2.13 bits per heavy atom. The largest absolute Gasteiger partial charge is 0.381 e. The van der Waals surface area contributed by atoms with Crippen LogP contribution in [0.1, 0.15) is 42.1 Å². The molecule has 1 aromatic heterocycles. The van der Waals surface area contributed by atoms with Crippen molar-refractivity contribution in [1.29, 1.82) is 0 Å². The van der Waals surface area contributed by atoms with Crippen molar-refractivity contribution < 1.29 is 13.9 Å². The zero-order valence-electron chi connectivity index (χ0n) is 17.2. The molecular weight excluding hydrogens is 425 g/mol. The molecule has 0 unspecified atom stereocenters. The fourth-order valence-corrected chi connectivity index (χ4v) is 5.85. The first-order valence-corrected chi connectivity index (χ1v) is 11.2. The molecule has 5 rings (SSSR count). The van der Waals surface area contributed by atoms with E-state index in [2.05, 4.69) is 4.57 Å². The predicted octanol–water partition coefficient (Wildman–Crippen LogP) is 3.97. The van der Waals surface area contributed by atoms with Crippen molar-refractivity contribution >= 4 is 29.7 Å². The number of likely N-dealkylation sites (N-methyl/N-ethyl adjacent to an activating group) is 1. The Hall–Kier alpha value is -1.70. The van der Waals surface area contributed by atoms with Gasteiger partial charge in [0.1, 0.15) is 5.82 Å². The number of nitrogens with zero attached hydrogens (tertiary/aromatic N) is 3. The van der Waals surface area contributed by atoms with Crippen LogP contribution in [0.4, 0.5) is 4.39 Å². The zero-order valence-corrected chi connectivity index (χ0v) is 18.7. The van der Waals surface area contributed by atoms with E-state index < -0.39 is 0 Å². The van der Waals surface area contributed by atoms with Gasteiger partial charge in [0.15, 0.2) is 4.77 Å². The molecule has 2 fully saturated rings. The third-order valence-corrected chi connectivity index (χ3v) is 8.00. The molecule has 160 valence electrons. The molecule has 1 aromatic carbocycles. The van der Waals surface area contributed by atoms with Crippen LogP contribution in [0.2, 0.25) is 5.02 Å². The molecular formula is C22H25ClFN3O2S. The monoisotopic (exact) mass is 449 g/mol. The lowest BCUT2D eigenvalue weighted by Gasteiger charge is -2.31. The fraction of sp³-hybridized carbons (Fsp3) is 0.545. The van der Waals surface area contributed by atoms with Crippen LogP contribution in [-0.2, 0) is 35.0 Å². The highest BCUT2D eigenvalue weighted by atomic mass is 35.5. The molecule has 0 N–H and O–H groups in total. The molecule has 2 atom stereocenters. The number of hydrogen-bond donors (Lipinski definition) is 0. The van der Waals surface area contributed by atoms with Crippen molar-refractivity contribution in [3.05, 3.63) is 50.8 Å². The van der Waals surface area contributed by atoms with E-state index in [1.807, 2.05) is 23.6 Å². The summed E-state index contributed by atoms with van der Waals surface area (Å²) >= 11 is 11.8. The molecule has 0 radical (unpaired) electrons. The van der Waals surface area contributed by atoms with Crippen molar-refractivity contribution in [2.45, 2.75) is 49.6 Å². The third kappa shape index (κ3) is 2.97. The van der Waals surface area contributed by atoms with Crippen LogP contribution < -0.4 is 0 Å². The van der Waals surface area contributed by atoms with E-state index in [4.69, 9.17) is 28.6 Å². The number of carbonyl (C=O) groups excluding carboxylic acids is 1. The normalized spacial score (nSPS) is 25.1. The molecule has 0 spiro atoms. The maximum atomic E-state index is 14.7. The highest BCUT2D eigenvalue weighted by Crippen LogP contribution is 2.66. The second-order valence-corrected chi connectivity index (χ2v) is 9.62. The Kier molecular flexibility index (Phi) is 4.84. The maximum absolute atomic E-state index is 14.7. The van der Waals surface area contributed by atoms with Crippen LogP contribution in [0.25, 0.3) is 0 Å². The number of hydrogen-bond acceptors (Lipinski definition) is 3. The highest BCUT2D eigenvalue weighted by molar-refractivity contribution is 7.71. The topological polar surface area (TPSA) is 39.4 Å². The van der Waals surface area contributed by atoms with Crippen molar-refractivity contribution in [2.24, 2.45) is 7.05 Å². The standard InChI is InChI=1S/C22H25ClFN3O2S/c1-25(14-5-7-29-8-6-14)19(28)10-18-20-16-11-22(16,12-27(20)21(30)26(18)2)15-9-13(23)3-4-17(15)24/h3-4,9,14,16H,5-8,10-12H2,1-2H3/t16-,22+/m0/s1. The molecule has 3 aliphatic rings. The average molecular weight is 450 g/mol. The Labute approximate surface area is 185 Å². The summed E-state index contributed by atoms with van der Waals surface area (Å²) in [7, 11) is 3.81. The van der Waals surface area contributed by atoms with Gasteiger partial charge in [0.2, 0.25) is 5.91 Å². The Balaban J connectivity index is 1.44. The van der Waals surface area contributed by atoms with Crippen molar-refractivity contribution in [3.63, 3.8) is 0 Å². The molecule has 1 saturated heterocycles. The summed E-state index contributed by atoms with van der Waals surface area (Å²) in [5.41, 5.74) is 2.42. The van der Waals surface area contributed by atoms with E-state index in [0.717, 1.165) is 30.7 Å². The second-order valence-electron chi connectivity index (χ2n) is 8.82. The molecule has 30 heavy (non-hydrogen) atoms. The second kappa shape index (κ2) is 7.18. The summed E-state index contributed by atoms with van der Waals surface area (Å²) in [4.78, 5) is 15.0. The number of aromatic nitrogens is 2. The van der Waals surface area contributed by atoms with E-state index >= 15 is 0 Å². The Morgan fingerprint density at radius 1 is 1.40 bits per heavy atom. The van der Waals surface area contributed by atoms with Crippen LogP contribution in [0.5, 0.6) is 0 Å². The SMILES string of the molecule is CN(C(=O)Cc1c2n(c(=S)n1C)C[C@@]1(c3cc(Cl)ccc3F)C[C@@H]21)C1CCOCC1. The van der Waals surface area contributed by atoms with E-state index in [0.29, 0.717) is 41.5 Å². The van der Waals surface area contributed by atoms with E-state index in [1.54, 1.807) is 12.1 Å². The number of amides is 1. The number of benzene rings is 1. The summed E-state index contributed by atoms with van der Waals surface area (Å²) in [5.74, 6) is 0.0392. The van der Waals surface area contributed by atoms with E-state index in [1.165, 1.54) is 6.07 Å². The smallest absolute Gasteiger partial charge is 0.228 e. The molecule has 1 aliphatic carbocycles. The average Bonchev–Trinajstić information content (AvgIpc) is 3.31. The van der Waals surface area contributed by atoms with Gasteiger partial charge < -0.3 is 18.8 Å². The number of halogens is 2. The first-order chi connectivity index (χ1) is 14.3. The van der Waals surface area contributed by atoms with Gasteiger partial charge in [0.05, 0.1) is 6.42 Å². The zero-order chi connectivity index (χ0) is 21.2. The van der Waals surface area contributed by atoms with Crippen LogP contribution in [0, 0.1) is 10.6 Å². The highest BCUT2D eigenvalue weighted by Gasteiger charge is 2.63. The number of imidazole rings is 1. The molecule has 2 aromatic rings. The van der Waals surface area contributed by atoms with Gasteiger partial charge in [-0.15, -0.1) is 0 Å². The molecule has 2 aliphatic heterocycles.